The summed E-state index contributed by atoms with van der Waals surface area (Å²) in [6.45, 7) is 0. The zero-order chi connectivity index (χ0) is 11.7. The van der Waals surface area contributed by atoms with Gasteiger partial charge in [0.15, 0.2) is 17.8 Å². The molecule has 84 valence electrons. The number of carbonyl (C=O) groups is 1. The maximum absolute atomic E-state index is 10.9. The van der Waals surface area contributed by atoms with E-state index in [-0.39, 0.29) is 0 Å². The summed E-state index contributed by atoms with van der Waals surface area (Å²) in [5.41, 5.74) is 1.56. The molecule has 0 radical (unpaired) electrons. The van der Waals surface area contributed by atoms with E-state index in [2.05, 4.69) is 0 Å². The Hall–Kier alpha value is -1.97. The van der Waals surface area contributed by atoms with Gasteiger partial charge in [0.05, 0.1) is 25.4 Å². The minimum absolute atomic E-state index is 0.613. The highest BCUT2D eigenvalue weighted by Crippen LogP contribution is 2.36. The number of benzene rings is 1. The summed E-state index contributed by atoms with van der Waals surface area (Å²) in [6, 6.07) is 5.53. The molecule has 0 N–H and O–H groups in total. The number of nitrogens with zero attached hydrogens (tertiary/aromatic N) is 1. The summed E-state index contributed by atoms with van der Waals surface area (Å²) in [7, 11) is 5.02. The average Bonchev–Trinajstić information content (AvgIpc) is 2.65. The second-order valence-electron chi connectivity index (χ2n) is 3.48. The van der Waals surface area contributed by atoms with E-state index >= 15 is 0 Å². The first kappa shape index (κ1) is 10.5. The normalized spacial score (nSPS) is 10.4. The molecule has 0 saturated carbocycles. The number of hydrogen-bond acceptors (Lipinski definition) is 3. The van der Waals surface area contributed by atoms with Crippen molar-refractivity contribution in [1.29, 1.82) is 0 Å². The average molecular weight is 219 g/mol. The molecule has 0 aliphatic rings. The van der Waals surface area contributed by atoms with Crippen molar-refractivity contribution in [2.24, 2.45) is 7.05 Å². The lowest BCUT2D eigenvalue weighted by Gasteiger charge is -2.08. The predicted molar refractivity (Wildman–Crippen MR) is 61.4 cm³/mol. The highest BCUT2D eigenvalue weighted by Gasteiger charge is 2.13. The summed E-state index contributed by atoms with van der Waals surface area (Å²) >= 11 is 0. The molecule has 1 aromatic carbocycles. The Bertz CT molecular complexity index is 543. The number of aldehydes is 1. The van der Waals surface area contributed by atoms with Crippen LogP contribution >= 0.6 is 0 Å². The predicted octanol–water partition coefficient (Wildman–Crippen LogP) is 2.01. The monoisotopic (exact) mass is 219 g/mol. The van der Waals surface area contributed by atoms with Gasteiger partial charge in [-0.3, -0.25) is 4.79 Å². The van der Waals surface area contributed by atoms with Crippen molar-refractivity contribution >= 4 is 17.2 Å². The van der Waals surface area contributed by atoms with Gasteiger partial charge in [-0.15, -0.1) is 0 Å². The molecule has 0 aliphatic carbocycles. The van der Waals surface area contributed by atoms with Gasteiger partial charge in [0, 0.05) is 12.4 Å². The Labute approximate surface area is 93.4 Å². The second-order valence-corrected chi connectivity index (χ2v) is 3.48. The molecule has 4 nitrogen and oxygen atoms in total. The van der Waals surface area contributed by atoms with Gasteiger partial charge in [0.2, 0.25) is 0 Å². The smallest absolute Gasteiger partial charge is 0.170 e. The molecular weight excluding hydrogens is 206 g/mol. The van der Waals surface area contributed by atoms with Crippen molar-refractivity contribution in [2.45, 2.75) is 0 Å². The minimum Gasteiger partial charge on any atom is -0.493 e. The molecule has 0 spiro atoms. The van der Waals surface area contributed by atoms with E-state index in [0.29, 0.717) is 17.2 Å². The van der Waals surface area contributed by atoms with Gasteiger partial charge < -0.3 is 14.0 Å². The van der Waals surface area contributed by atoms with Crippen molar-refractivity contribution < 1.29 is 14.3 Å². The van der Waals surface area contributed by atoms with Crippen LogP contribution in [-0.4, -0.2) is 25.1 Å². The summed E-state index contributed by atoms with van der Waals surface area (Å²) in [6.07, 6.45) is 0.825. The van der Waals surface area contributed by atoms with E-state index in [1.165, 1.54) is 0 Å². The maximum atomic E-state index is 10.9. The van der Waals surface area contributed by atoms with E-state index in [0.717, 1.165) is 17.2 Å². The molecule has 2 rings (SSSR count). The first-order valence-corrected chi connectivity index (χ1v) is 4.88. The largest absolute Gasteiger partial charge is 0.493 e. The number of methoxy groups -OCH3 is 2. The van der Waals surface area contributed by atoms with Gasteiger partial charge >= 0.3 is 0 Å². The fraction of sp³-hybridized carbons (Fsp3) is 0.250. The number of fused-ring (bicyclic) bond motifs is 1. The first-order chi connectivity index (χ1) is 7.72. The van der Waals surface area contributed by atoms with Crippen molar-refractivity contribution in [3.05, 3.63) is 23.9 Å². The Kier molecular flexibility index (Phi) is 2.56. The highest BCUT2D eigenvalue weighted by molar-refractivity contribution is 5.94. The second kappa shape index (κ2) is 3.89. The number of hydrogen-bond donors (Lipinski definition) is 0. The van der Waals surface area contributed by atoms with E-state index < -0.39 is 0 Å². The SMILES string of the molecule is COc1ccc2c(cc(C=O)n2C)c1OC. The Balaban J connectivity index is 2.82. The van der Waals surface area contributed by atoms with E-state index in [9.17, 15) is 4.79 Å². The van der Waals surface area contributed by atoms with E-state index in [1.807, 2.05) is 23.7 Å². The third-order valence-corrected chi connectivity index (χ3v) is 2.72. The van der Waals surface area contributed by atoms with E-state index in [4.69, 9.17) is 9.47 Å². The van der Waals surface area contributed by atoms with Crippen LogP contribution in [0.2, 0.25) is 0 Å². The van der Waals surface area contributed by atoms with E-state index in [1.54, 1.807) is 20.3 Å². The number of carbonyl (C=O) groups excluding carboxylic acids is 1. The molecule has 4 heteroatoms. The lowest BCUT2D eigenvalue weighted by Crippen LogP contribution is -1.94. The fourth-order valence-corrected chi connectivity index (χ4v) is 1.87. The molecule has 0 atom stereocenters. The molecule has 0 aliphatic heterocycles. The molecule has 0 bridgehead atoms. The first-order valence-electron chi connectivity index (χ1n) is 4.88. The highest BCUT2D eigenvalue weighted by atomic mass is 16.5. The van der Waals surface area contributed by atoms with Crippen LogP contribution in [-0.2, 0) is 7.05 Å². The molecule has 0 saturated heterocycles. The third-order valence-electron chi connectivity index (χ3n) is 2.72. The Morgan fingerprint density at radius 2 is 2.00 bits per heavy atom. The van der Waals surface area contributed by atoms with Crippen LogP contribution < -0.4 is 9.47 Å². The van der Waals surface area contributed by atoms with Gasteiger partial charge in [0.25, 0.3) is 0 Å². The number of aryl methyl sites for hydroxylation is 1. The van der Waals surface area contributed by atoms with Crippen molar-refractivity contribution in [2.75, 3.05) is 14.2 Å². The lowest BCUT2D eigenvalue weighted by molar-refractivity contribution is 0.111. The van der Waals surface area contributed by atoms with Crippen LogP contribution in [0.3, 0.4) is 0 Å². The van der Waals surface area contributed by atoms with Gasteiger partial charge in [-0.1, -0.05) is 0 Å². The van der Waals surface area contributed by atoms with Crippen LogP contribution in [0.5, 0.6) is 11.5 Å². The summed E-state index contributed by atoms with van der Waals surface area (Å²) in [5.74, 6) is 1.32. The van der Waals surface area contributed by atoms with Crippen LogP contribution in [0.15, 0.2) is 18.2 Å². The van der Waals surface area contributed by atoms with Crippen LogP contribution in [0.4, 0.5) is 0 Å². The standard InChI is InChI=1S/C12H13NO3/c1-13-8(7-14)6-9-10(13)4-5-11(15-2)12(9)16-3/h4-7H,1-3H3. The minimum atomic E-state index is 0.613. The molecule has 1 aromatic heterocycles. The molecule has 0 unspecified atom stereocenters. The molecule has 2 aromatic rings. The third kappa shape index (κ3) is 1.34. The van der Waals surface area contributed by atoms with Crippen molar-refractivity contribution in [1.82, 2.24) is 4.57 Å². The van der Waals surface area contributed by atoms with Gasteiger partial charge in [-0.05, 0) is 18.2 Å². The number of ether oxygens (including phenoxy) is 2. The molecular formula is C12H13NO3. The van der Waals surface area contributed by atoms with Gasteiger partial charge in [-0.2, -0.15) is 0 Å². The van der Waals surface area contributed by atoms with Gasteiger partial charge in [-0.25, -0.2) is 0 Å². The van der Waals surface area contributed by atoms with Crippen molar-refractivity contribution in [3.8, 4) is 11.5 Å². The topological polar surface area (TPSA) is 40.5 Å². The maximum Gasteiger partial charge on any atom is 0.170 e. The molecule has 0 amide bonds. The Morgan fingerprint density at radius 3 is 2.56 bits per heavy atom. The molecule has 0 fully saturated rings. The summed E-state index contributed by atoms with van der Waals surface area (Å²) < 4.78 is 12.3. The van der Waals surface area contributed by atoms with Crippen LogP contribution in [0.25, 0.3) is 10.9 Å². The summed E-state index contributed by atoms with van der Waals surface area (Å²) in [5, 5.41) is 0.881. The number of rotatable bonds is 3. The van der Waals surface area contributed by atoms with Gasteiger partial charge in [0.1, 0.15) is 0 Å². The van der Waals surface area contributed by atoms with Crippen LogP contribution in [0, 0.1) is 0 Å². The lowest BCUT2D eigenvalue weighted by atomic mass is 10.2. The molecule has 16 heavy (non-hydrogen) atoms. The van der Waals surface area contributed by atoms with Crippen molar-refractivity contribution in [3.63, 3.8) is 0 Å². The Morgan fingerprint density at radius 1 is 1.25 bits per heavy atom. The van der Waals surface area contributed by atoms with Crippen LogP contribution in [0.1, 0.15) is 10.5 Å². The number of aromatic nitrogens is 1. The molecule has 1 heterocycles. The zero-order valence-electron chi connectivity index (χ0n) is 9.48. The quantitative estimate of drug-likeness (QED) is 0.741. The summed E-state index contributed by atoms with van der Waals surface area (Å²) in [4.78, 5) is 10.9. The zero-order valence-corrected chi connectivity index (χ0v) is 9.48. The fourth-order valence-electron chi connectivity index (χ4n) is 1.87.